The van der Waals surface area contributed by atoms with Crippen LogP contribution in [-0.4, -0.2) is 61.0 Å². The lowest BCUT2D eigenvalue weighted by Crippen LogP contribution is -2.49. The third kappa shape index (κ3) is 2.66. The molecule has 0 bridgehead atoms. The molecule has 2 heterocycles. The zero-order chi connectivity index (χ0) is 15.9. The normalized spacial score (nSPS) is 27.2. The van der Waals surface area contributed by atoms with Crippen molar-refractivity contribution in [1.82, 2.24) is 15.1 Å². The van der Waals surface area contributed by atoms with E-state index in [9.17, 15) is 9.18 Å². The zero-order valence-electron chi connectivity index (χ0n) is 13.4. The van der Waals surface area contributed by atoms with E-state index in [0.717, 1.165) is 58.5 Å². The summed E-state index contributed by atoms with van der Waals surface area (Å²) in [6, 6.07) is 7.24. The number of hydrogen-bond donors (Lipinski definition) is 1. The summed E-state index contributed by atoms with van der Waals surface area (Å²) in [5.74, 6) is -0.101. The Morgan fingerprint density at radius 1 is 1.17 bits per heavy atom. The number of hydrogen-bond acceptors (Lipinski definition) is 3. The van der Waals surface area contributed by atoms with Gasteiger partial charge in [-0.3, -0.25) is 9.69 Å². The summed E-state index contributed by atoms with van der Waals surface area (Å²) in [7, 11) is 0. The molecule has 2 aliphatic heterocycles. The first kappa shape index (κ1) is 15.1. The standard InChI is InChI=1S/C18H24FN3O/c19-16-4-2-1-3-15(16)18(6-7-18)17(23)22-10-5-14(13-22)21-11-8-20-9-12-21/h1-4,14,20H,5-13H2. The lowest BCUT2D eigenvalue weighted by Gasteiger charge is -2.33. The van der Waals surface area contributed by atoms with E-state index in [1.165, 1.54) is 6.07 Å². The number of carbonyl (C=O) groups is 1. The van der Waals surface area contributed by atoms with E-state index in [2.05, 4.69) is 10.2 Å². The van der Waals surface area contributed by atoms with Crippen LogP contribution in [0.4, 0.5) is 4.39 Å². The van der Waals surface area contributed by atoms with E-state index in [-0.39, 0.29) is 11.7 Å². The predicted octanol–water partition coefficient (Wildman–Crippen LogP) is 1.36. The van der Waals surface area contributed by atoms with Crippen molar-refractivity contribution in [2.45, 2.75) is 30.7 Å². The Morgan fingerprint density at radius 3 is 2.61 bits per heavy atom. The van der Waals surface area contributed by atoms with E-state index in [1.54, 1.807) is 12.1 Å². The van der Waals surface area contributed by atoms with Gasteiger partial charge in [0.15, 0.2) is 0 Å². The minimum atomic E-state index is -0.580. The van der Waals surface area contributed by atoms with Crippen LogP contribution in [0.2, 0.25) is 0 Å². The molecule has 1 saturated carbocycles. The molecule has 1 unspecified atom stereocenters. The third-order valence-corrected chi connectivity index (χ3v) is 5.67. The van der Waals surface area contributed by atoms with Gasteiger partial charge in [-0.1, -0.05) is 18.2 Å². The van der Waals surface area contributed by atoms with Crippen molar-refractivity contribution in [2.75, 3.05) is 39.3 Å². The second-order valence-electron chi connectivity index (χ2n) is 7.04. The van der Waals surface area contributed by atoms with Crippen molar-refractivity contribution in [2.24, 2.45) is 0 Å². The predicted molar refractivity (Wildman–Crippen MR) is 86.7 cm³/mol. The Kier molecular flexibility index (Phi) is 3.85. The molecule has 4 rings (SSSR count). The smallest absolute Gasteiger partial charge is 0.233 e. The highest BCUT2D eigenvalue weighted by Crippen LogP contribution is 2.50. The van der Waals surface area contributed by atoms with Crippen molar-refractivity contribution in [3.8, 4) is 0 Å². The van der Waals surface area contributed by atoms with Gasteiger partial charge in [0.2, 0.25) is 5.91 Å². The van der Waals surface area contributed by atoms with Gasteiger partial charge >= 0.3 is 0 Å². The third-order valence-electron chi connectivity index (χ3n) is 5.67. The molecule has 1 aliphatic carbocycles. The molecule has 1 atom stereocenters. The molecule has 23 heavy (non-hydrogen) atoms. The number of piperazine rings is 1. The molecule has 3 fully saturated rings. The zero-order valence-corrected chi connectivity index (χ0v) is 13.4. The van der Waals surface area contributed by atoms with Crippen LogP contribution in [0.5, 0.6) is 0 Å². The second-order valence-corrected chi connectivity index (χ2v) is 7.04. The van der Waals surface area contributed by atoms with E-state index >= 15 is 0 Å². The Bertz CT molecular complexity index is 596. The quantitative estimate of drug-likeness (QED) is 0.914. The van der Waals surface area contributed by atoms with Crippen LogP contribution in [0.1, 0.15) is 24.8 Å². The van der Waals surface area contributed by atoms with Crippen LogP contribution >= 0.6 is 0 Å². The summed E-state index contributed by atoms with van der Waals surface area (Å²) < 4.78 is 14.2. The molecule has 2 saturated heterocycles. The monoisotopic (exact) mass is 317 g/mol. The first-order valence-corrected chi connectivity index (χ1v) is 8.70. The van der Waals surface area contributed by atoms with Crippen LogP contribution in [-0.2, 0) is 10.2 Å². The van der Waals surface area contributed by atoms with Crippen LogP contribution in [0.25, 0.3) is 0 Å². The lowest BCUT2D eigenvalue weighted by atomic mass is 9.94. The summed E-state index contributed by atoms with van der Waals surface area (Å²) in [5.41, 5.74) is 0.0135. The number of likely N-dealkylation sites (tertiary alicyclic amines) is 1. The fourth-order valence-corrected chi connectivity index (χ4v) is 4.15. The van der Waals surface area contributed by atoms with Gasteiger partial charge in [0.25, 0.3) is 0 Å². The number of nitrogens with zero attached hydrogens (tertiary/aromatic N) is 2. The SMILES string of the molecule is O=C(N1CCC(N2CCNCC2)C1)C1(c2ccccc2F)CC1. The van der Waals surface area contributed by atoms with Gasteiger partial charge in [-0.25, -0.2) is 4.39 Å². The summed E-state index contributed by atoms with van der Waals surface area (Å²) in [5, 5.41) is 3.37. The highest BCUT2D eigenvalue weighted by atomic mass is 19.1. The van der Waals surface area contributed by atoms with Gasteiger partial charge in [0.1, 0.15) is 5.82 Å². The van der Waals surface area contributed by atoms with E-state index in [1.807, 2.05) is 11.0 Å². The number of halogens is 1. The average Bonchev–Trinajstić information content (AvgIpc) is 3.24. The number of benzene rings is 1. The summed E-state index contributed by atoms with van der Waals surface area (Å²) in [4.78, 5) is 17.5. The largest absolute Gasteiger partial charge is 0.340 e. The fourth-order valence-electron chi connectivity index (χ4n) is 4.15. The van der Waals surface area contributed by atoms with Crippen molar-refractivity contribution in [3.63, 3.8) is 0 Å². The second kappa shape index (κ2) is 5.87. The summed E-state index contributed by atoms with van der Waals surface area (Å²) in [6.45, 7) is 5.79. The van der Waals surface area contributed by atoms with Gasteiger partial charge in [0, 0.05) is 50.9 Å². The van der Waals surface area contributed by atoms with E-state index < -0.39 is 5.41 Å². The van der Waals surface area contributed by atoms with Crippen LogP contribution in [0.3, 0.4) is 0 Å². The van der Waals surface area contributed by atoms with Crippen molar-refractivity contribution in [3.05, 3.63) is 35.6 Å². The van der Waals surface area contributed by atoms with Gasteiger partial charge < -0.3 is 10.2 Å². The number of carbonyl (C=O) groups excluding carboxylic acids is 1. The molecule has 1 aromatic rings. The van der Waals surface area contributed by atoms with E-state index in [0.29, 0.717) is 11.6 Å². The Labute approximate surface area is 136 Å². The molecule has 1 amide bonds. The maximum atomic E-state index is 14.2. The van der Waals surface area contributed by atoms with Gasteiger partial charge in [0.05, 0.1) is 5.41 Å². The summed E-state index contributed by atoms with van der Waals surface area (Å²) >= 11 is 0. The highest BCUT2D eigenvalue weighted by Gasteiger charge is 2.55. The molecular weight excluding hydrogens is 293 g/mol. The average molecular weight is 317 g/mol. The Morgan fingerprint density at radius 2 is 1.91 bits per heavy atom. The molecule has 3 aliphatic rings. The van der Waals surface area contributed by atoms with Gasteiger partial charge in [-0.2, -0.15) is 0 Å². The summed E-state index contributed by atoms with van der Waals surface area (Å²) in [6.07, 6.45) is 2.60. The van der Waals surface area contributed by atoms with Gasteiger partial charge in [-0.15, -0.1) is 0 Å². The van der Waals surface area contributed by atoms with Crippen molar-refractivity contribution < 1.29 is 9.18 Å². The number of amides is 1. The molecule has 4 nitrogen and oxygen atoms in total. The lowest BCUT2D eigenvalue weighted by molar-refractivity contribution is -0.133. The molecular formula is C18H24FN3O. The highest BCUT2D eigenvalue weighted by molar-refractivity contribution is 5.91. The first-order chi connectivity index (χ1) is 11.2. The molecule has 1 aromatic carbocycles. The number of rotatable bonds is 3. The van der Waals surface area contributed by atoms with Crippen LogP contribution in [0, 0.1) is 5.82 Å². The maximum Gasteiger partial charge on any atom is 0.233 e. The minimum Gasteiger partial charge on any atom is -0.340 e. The topological polar surface area (TPSA) is 35.6 Å². The minimum absolute atomic E-state index is 0.139. The van der Waals surface area contributed by atoms with Crippen LogP contribution in [0.15, 0.2) is 24.3 Å². The molecule has 5 heteroatoms. The molecule has 1 N–H and O–H groups in total. The fraction of sp³-hybridized carbons (Fsp3) is 0.611. The van der Waals surface area contributed by atoms with Crippen molar-refractivity contribution >= 4 is 5.91 Å². The molecule has 0 spiro atoms. The van der Waals surface area contributed by atoms with Crippen molar-refractivity contribution in [1.29, 1.82) is 0 Å². The molecule has 124 valence electrons. The Balaban J connectivity index is 1.47. The first-order valence-electron chi connectivity index (χ1n) is 8.70. The van der Waals surface area contributed by atoms with E-state index in [4.69, 9.17) is 0 Å². The Hall–Kier alpha value is -1.46. The van der Waals surface area contributed by atoms with Gasteiger partial charge in [-0.05, 0) is 25.3 Å². The maximum absolute atomic E-state index is 14.2. The van der Waals surface area contributed by atoms with Crippen LogP contribution < -0.4 is 5.32 Å². The molecule has 0 radical (unpaired) electrons. The molecule has 0 aromatic heterocycles. The number of nitrogens with one attached hydrogen (secondary N) is 1.